The number of benzene rings is 1. The maximum atomic E-state index is 12.8. The maximum absolute atomic E-state index is 12.8. The second kappa shape index (κ2) is 6.92. The first-order chi connectivity index (χ1) is 11.8. The van der Waals surface area contributed by atoms with E-state index < -0.39 is 11.7 Å². The molecule has 1 aliphatic heterocycles. The molecule has 0 radical (unpaired) electrons. The second-order valence-corrected chi connectivity index (χ2v) is 6.16. The van der Waals surface area contributed by atoms with Crippen LogP contribution in [0.3, 0.4) is 0 Å². The highest BCUT2D eigenvalue weighted by atomic mass is 35.5. The summed E-state index contributed by atoms with van der Waals surface area (Å²) >= 11 is 5.95. The summed E-state index contributed by atoms with van der Waals surface area (Å²) in [7, 11) is 0. The van der Waals surface area contributed by atoms with Crippen LogP contribution in [0, 0.1) is 0 Å². The number of carbonyl (C=O) groups excluding carboxylic acids is 1. The monoisotopic (exact) mass is 369 g/mol. The Morgan fingerprint density at radius 2 is 1.88 bits per heavy atom. The second-order valence-electron chi connectivity index (χ2n) is 5.75. The van der Waals surface area contributed by atoms with Crippen molar-refractivity contribution in [2.45, 2.75) is 19.0 Å². The number of nitrogens with one attached hydrogen (secondary N) is 1. The van der Waals surface area contributed by atoms with Crippen LogP contribution in [0.1, 0.15) is 28.8 Å². The van der Waals surface area contributed by atoms with Crippen LogP contribution in [-0.2, 0) is 6.18 Å². The topological polar surface area (TPSA) is 45.2 Å². The zero-order valence-corrected chi connectivity index (χ0v) is 13.9. The largest absolute Gasteiger partial charge is 0.416 e. The quantitative estimate of drug-likeness (QED) is 0.850. The van der Waals surface area contributed by atoms with Gasteiger partial charge in [-0.05, 0) is 43.2 Å². The van der Waals surface area contributed by atoms with Crippen LogP contribution in [0.25, 0.3) is 0 Å². The first kappa shape index (κ1) is 17.5. The smallest absolute Gasteiger partial charge is 0.339 e. The molecule has 25 heavy (non-hydrogen) atoms. The third-order valence-corrected chi connectivity index (χ3v) is 4.29. The van der Waals surface area contributed by atoms with Crippen molar-refractivity contribution in [3.05, 3.63) is 52.7 Å². The van der Waals surface area contributed by atoms with Crippen LogP contribution in [0.4, 0.5) is 24.7 Å². The van der Waals surface area contributed by atoms with Gasteiger partial charge in [0.15, 0.2) is 0 Å². The lowest BCUT2D eigenvalue weighted by atomic mass is 10.2. The molecule has 1 aliphatic rings. The molecule has 4 nitrogen and oxygen atoms in total. The fourth-order valence-corrected chi connectivity index (χ4v) is 2.80. The Balaban J connectivity index is 1.76. The molecule has 0 aliphatic carbocycles. The number of carbonyl (C=O) groups is 1. The van der Waals surface area contributed by atoms with Crippen molar-refractivity contribution in [1.29, 1.82) is 0 Å². The molecule has 2 aromatic rings. The summed E-state index contributed by atoms with van der Waals surface area (Å²) in [5.41, 5.74) is -0.259. The molecule has 3 rings (SSSR count). The lowest BCUT2D eigenvalue weighted by Gasteiger charge is -2.15. The number of hydrogen-bond donors (Lipinski definition) is 1. The van der Waals surface area contributed by atoms with Crippen LogP contribution >= 0.6 is 11.6 Å². The van der Waals surface area contributed by atoms with E-state index in [9.17, 15) is 18.0 Å². The van der Waals surface area contributed by atoms with Gasteiger partial charge in [-0.3, -0.25) is 4.79 Å². The lowest BCUT2D eigenvalue weighted by Crippen LogP contribution is -2.27. The van der Waals surface area contributed by atoms with E-state index >= 15 is 0 Å². The Kier molecular flexibility index (Phi) is 4.85. The summed E-state index contributed by atoms with van der Waals surface area (Å²) in [5, 5.41) is 2.90. The normalized spacial score (nSPS) is 14.6. The molecule has 0 saturated carbocycles. The Labute approximate surface area is 147 Å². The van der Waals surface area contributed by atoms with Crippen molar-refractivity contribution in [1.82, 2.24) is 9.88 Å². The van der Waals surface area contributed by atoms with Crippen LogP contribution in [-0.4, -0.2) is 28.9 Å². The van der Waals surface area contributed by atoms with E-state index in [1.807, 2.05) is 0 Å². The zero-order valence-electron chi connectivity index (χ0n) is 13.1. The molecular weight excluding hydrogens is 355 g/mol. The Morgan fingerprint density at radius 3 is 2.48 bits per heavy atom. The number of anilines is 2. The molecule has 0 atom stereocenters. The van der Waals surface area contributed by atoms with Gasteiger partial charge in [-0.2, -0.15) is 13.2 Å². The minimum absolute atomic E-state index is 0.0892. The van der Waals surface area contributed by atoms with E-state index in [0.29, 0.717) is 11.4 Å². The molecule has 0 spiro atoms. The van der Waals surface area contributed by atoms with E-state index in [2.05, 4.69) is 10.3 Å². The highest BCUT2D eigenvalue weighted by Crippen LogP contribution is 2.34. The van der Waals surface area contributed by atoms with Crippen LogP contribution in [0.5, 0.6) is 0 Å². The molecule has 1 N–H and O–H groups in total. The van der Waals surface area contributed by atoms with Gasteiger partial charge in [0.05, 0.1) is 21.8 Å². The number of amides is 1. The predicted octanol–water partition coefficient (Wildman–Crippen LogP) is 4.73. The number of aromatic nitrogens is 1. The number of nitrogens with zero attached hydrogens (tertiary/aromatic N) is 2. The molecule has 2 heterocycles. The molecule has 1 amide bonds. The third kappa shape index (κ3) is 4.04. The summed E-state index contributed by atoms with van der Waals surface area (Å²) in [6.07, 6.45) is -1.06. The van der Waals surface area contributed by atoms with Gasteiger partial charge in [-0.1, -0.05) is 11.6 Å². The van der Waals surface area contributed by atoms with Crippen molar-refractivity contribution in [2.24, 2.45) is 0 Å². The Morgan fingerprint density at radius 1 is 1.16 bits per heavy atom. The minimum Gasteiger partial charge on any atom is -0.339 e. The van der Waals surface area contributed by atoms with E-state index in [-0.39, 0.29) is 16.6 Å². The molecule has 1 saturated heterocycles. The number of halogens is 4. The summed E-state index contributed by atoms with van der Waals surface area (Å²) in [6, 6.07) is 6.15. The van der Waals surface area contributed by atoms with E-state index in [1.165, 1.54) is 12.3 Å². The van der Waals surface area contributed by atoms with E-state index in [4.69, 9.17) is 11.6 Å². The standard InChI is InChI=1S/C17H15ClF3N3O/c18-13-5-4-12(17(19,20)21)9-14(13)23-15-6-3-11(10-22-15)16(25)24-7-1-2-8-24/h3-6,9-10H,1-2,7-8H2,(H,22,23). The van der Waals surface area contributed by atoms with Gasteiger partial charge in [0.25, 0.3) is 5.91 Å². The van der Waals surface area contributed by atoms with Gasteiger partial charge in [-0.15, -0.1) is 0 Å². The van der Waals surface area contributed by atoms with Gasteiger partial charge < -0.3 is 10.2 Å². The van der Waals surface area contributed by atoms with Crippen molar-refractivity contribution >= 4 is 29.0 Å². The average molecular weight is 370 g/mol. The first-order valence-corrected chi connectivity index (χ1v) is 8.11. The van der Waals surface area contributed by atoms with Gasteiger partial charge in [-0.25, -0.2) is 4.98 Å². The zero-order chi connectivity index (χ0) is 18.0. The number of rotatable bonds is 3. The molecule has 1 aromatic heterocycles. The van der Waals surface area contributed by atoms with Crippen molar-refractivity contribution in [3.63, 3.8) is 0 Å². The lowest BCUT2D eigenvalue weighted by molar-refractivity contribution is -0.137. The van der Waals surface area contributed by atoms with Crippen molar-refractivity contribution < 1.29 is 18.0 Å². The first-order valence-electron chi connectivity index (χ1n) is 7.74. The number of pyridine rings is 1. The number of hydrogen-bond acceptors (Lipinski definition) is 3. The molecular formula is C17H15ClF3N3O. The number of likely N-dealkylation sites (tertiary alicyclic amines) is 1. The minimum atomic E-state index is -4.46. The van der Waals surface area contributed by atoms with Gasteiger partial charge in [0, 0.05) is 19.3 Å². The van der Waals surface area contributed by atoms with E-state index in [0.717, 1.165) is 38.1 Å². The maximum Gasteiger partial charge on any atom is 0.416 e. The average Bonchev–Trinajstić information content (AvgIpc) is 3.10. The molecule has 0 bridgehead atoms. The molecule has 1 fully saturated rings. The summed E-state index contributed by atoms with van der Waals surface area (Å²) in [6.45, 7) is 1.47. The highest BCUT2D eigenvalue weighted by molar-refractivity contribution is 6.33. The Hall–Kier alpha value is -2.28. The van der Waals surface area contributed by atoms with Gasteiger partial charge in [0.2, 0.25) is 0 Å². The van der Waals surface area contributed by atoms with Crippen LogP contribution in [0.15, 0.2) is 36.5 Å². The fraction of sp³-hybridized carbons (Fsp3) is 0.294. The number of alkyl halides is 3. The van der Waals surface area contributed by atoms with E-state index in [1.54, 1.807) is 17.0 Å². The SMILES string of the molecule is O=C(c1ccc(Nc2cc(C(F)(F)F)ccc2Cl)nc1)N1CCCC1. The molecule has 8 heteroatoms. The third-order valence-electron chi connectivity index (χ3n) is 3.96. The van der Waals surface area contributed by atoms with Crippen molar-refractivity contribution in [3.8, 4) is 0 Å². The summed E-state index contributed by atoms with van der Waals surface area (Å²) < 4.78 is 38.4. The molecule has 1 aromatic carbocycles. The predicted molar refractivity (Wildman–Crippen MR) is 89.1 cm³/mol. The van der Waals surface area contributed by atoms with Crippen molar-refractivity contribution in [2.75, 3.05) is 18.4 Å². The summed E-state index contributed by atoms with van der Waals surface area (Å²) in [5.74, 6) is 0.216. The molecule has 0 unspecified atom stereocenters. The highest BCUT2D eigenvalue weighted by Gasteiger charge is 2.31. The Bertz CT molecular complexity index is 772. The van der Waals surface area contributed by atoms with Gasteiger partial charge in [0.1, 0.15) is 5.82 Å². The van der Waals surface area contributed by atoms with Gasteiger partial charge >= 0.3 is 6.18 Å². The van der Waals surface area contributed by atoms with Crippen LogP contribution in [0.2, 0.25) is 5.02 Å². The fourth-order valence-electron chi connectivity index (χ4n) is 2.63. The molecule has 132 valence electrons. The van der Waals surface area contributed by atoms with Crippen LogP contribution < -0.4 is 5.32 Å². The summed E-state index contributed by atoms with van der Waals surface area (Å²) in [4.78, 5) is 18.1.